The van der Waals surface area contributed by atoms with E-state index in [0.717, 1.165) is 28.1 Å². The molecule has 0 bridgehead atoms. The number of anilines is 1. The summed E-state index contributed by atoms with van der Waals surface area (Å²) in [7, 11) is 0. The first-order valence-corrected chi connectivity index (χ1v) is 16.6. The number of rotatable bonds is 10. The Hall–Kier alpha value is -4.27. The number of carbonyl (C=O) groups is 2. The highest BCUT2D eigenvalue weighted by molar-refractivity contribution is 6.12. The third kappa shape index (κ3) is 7.40. The fourth-order valence-electron chi connectivity index (χ4n) is 7.07. The van der Waals surface area contributed by atoms with Gasteiger partial charge in [-0.15, -0.1) is 0 Å². The number of aliphatic carboxylic acids is 1. The van der Waals surface area contributed by atoms with Crippen LogP contribution in [0.3, 0.4) is 0 Å². The minimum Gasteiger partial charge on any atom is -0.481 e. The van der Waals surface area contributed by atoms with Crippen LogP contribution >= 0.6 is 0 Å². The molecule has 48 heavy (non-hydrogen) atoms. The van der Waals surface area contributed by atoms with Gasteiger partial charge in [-0.3, -0.25) is 9.59 Å². The number of carboxylic acid groups (broad SMARTS) is 1. The molecule has 0 radical (unpaired) electrons. The van der Waals surface area contributed by atoms with Crippen LogP contribution in [-0.4, -0.2) is 39.0 Å². The summed E-state index contributed by atoms with van der Waals surface area (Å²) >= 11 is 0. The van der Waals surface area contributed by atoms with Gasteiger partial charge in [-0.2, -0.15) is 0 Å². The summed E-state index contributed by atoms with van der Waals surface area (Å²) in [6.45, 7) is 14.3. The van der Waals surface area contributed by atoms with E-state index in [1.165, 1.54) is 12.1 Å². The zero-order valence-corrected chi connectivity index (χ0v) is 29.0. The highest BCUT2D eigenvalue weighted by atomic mass is 19.1. The Labute approximate surface area is 283 Å². The van der Waals surface area contributed by atoms with Gasteiger partial charge in [0.25, 0.3) is 5.91 Å². The van der Waals surface area contributed by atoms with Crippen molar-refractivity contribution in [2.45, 2.75) is 97.7 Å². The molecule has 2 heterocycles. The average Bonchev–Trinajstić information content (AvgIpc) is 3.35. The van der Waals surface area contributed by atoms with Gasteiger partial charge in [-0.25, -0.2) is 4.39 Å². The summed E-state index contributed by atoms with van der Waals surface area (Å²) in [5.74, 6) is -2.58. The molecule has 5 rings (SSSR count). The number of ether oxygens (including phenoxy) is 2. The van der Waals surface area contributed by atoms with E-state index in [1.807, 2.05) is 95.3 Å². The maximum absolute atomic E-state index is 14.4. The first kappa shape index (κ1) is 35.0. The van der Waals surface area contributed by atoms with Gasteiger partial charge < -0.3 is 24.5 Å². The maximum atomic E-state index is 14.4. The molecule has 0 saturated carbocycles. The number of hydrogen-bond acceptors (Lipinski definition) is 4. The normalized spacial score (nSPS) is 19.3. The van der Waals surface area contributed by atoms with E-state index in [2.05, 4.69) is 23.7 Å². The summed E-state index contributed by atoms with van der Waals surface area (Å²) in [5.41, 5.74) is 3.86. The van der Waals surface area contributed by atoms with Crippen molar-refractivity contribution in [3.63, 3.8) is 0 Å². The molecule has 8 heteroatoms. The van der Waals surface area contributed by atoms with Crippen molar-refractivity contribution < 1.29 is 28.6 Å². The van der Waals surface area contributed by atoms with Crippen LogP contribution in [-0.2, 0) is 20.8 Å². The molecule has 2 unspecified atom stereocenters. The van der Waals surface area contributed by atoms with Crippen LogP contribution in [0.5, 0.6) is 0 Å². The van der Waals surface area contributed by atoms with Gasteiger partial charge >= 0.3 is 5.97 Å². The summed E-state index contributed by atoms with van der Waals surface area (Å²) in [4.78, 5) is 26.5. The molecule has 1 aliphatic rings. The lowest BCUT2D eigenvalue weighted by Crippen LogP contribution is -2.59. The van der Waals surface area contributed by atoms with Crippen LogP contribution < -0.4 is 5.32 Å². The predicted molar refractivity (Wildman–Crippen MR) is 187 cm³/mol. The molecular weight excluding hydrogens is 607 g/mol. The van der Waals surface area contributed by atoms with Crippen LogP contribution in [0.25, 0.3) is 22.4 Å². The first-order valence-electron chi connectivity index (χ1n) is 16.6. The van der Waals surface area contributed by atoms with E-state index in [0.29, 0.717) is 30.6 Å². The Balaban J connectivity index is 1.68. The Kier molecular flexibility index (Phi) is 9.99. The molecule has 2 atom stereocenters. The van der Waals surface area contributed by atoms with Crippen LogP contribution in [0.4, 0.5) is 10.1 Å². The molecule has 1 aromatic heterocycles. The van der Waals surface area contributed by atoms with Crippen molar-refractivity contribution >= 4 is 17.6 Å². The molecule has 0 aliphatic carbocycles. The first-order chi connectivity index (χ1) is 22.6. The number of carbonyl (C=O) groups excluding carboxylic acids is 1. The minimum atomic E-state index is -1.01. The number of benzene rings is 3. The standard InChI is InChI=1S/C40H47FN2O5/c1-26(2)35-34(37(46)42-30-16-12-9-13-17-30)33(27-14-10-8-11-15-27)36(28-18-20-29(41)21-19-28)43(35)23-22-31-24-40(25-32(44)45,38(3,4)5)48-39(6,7)47-31/h8-21,26,31H,22-25H2,1-7H3,(H,42,46)(H,44,45). The lowest BCUT2D eigenvalue weighted by Gasteiger charge is -2.54. The molecule has 1 fully saturated rings. The molecule has 0 spiro atoms. The topological polar surface area (TPSA) is 89.8 Å². The summed E-state index contributed by atoms with van der Waals surface area (Å²) < 4.78 is 29.4. The number of halogens is 1. The highest BCUT2D eigenvalue weighted by Gasteiger charge is 2.53. The lowest BCUT2D eigenvalue weighted by molar-refractivity contribution is -0.355. The lowest BCUT2D eigenvalue weighted by atomic mass is 9.70. The van der Waals surface area contributed by atoms with Crippen molar-refractivity contribution in [2.75, 3.05) is 5.32 Å². The van der Waals surface area contributed by atoms with Crippen molar-refractivity contribution in [1.82, 2.24) is 4.57 Å². The van der Waals surface area contributed by atoms with Crippen molar-refractivity contribution in [1.29, 1.82) is 0 Å². The second-order valence-corrected chi connectivity index (χ2v) is 14.5. The van der Waals surface area contributed by atoms with Crippen LogP contribution in [0.2, 0.25) is 0 Å². The number of amides is 1. The van der Waals surface area contributed by atoms with Gasteiger partial charge in [-0.1, -0.05) is 83.1 Å². The summed E-state index contributed by atoms with van der Waals surface area (Å²) in [6.07, 6.45) is 0.436. The van der Waals surface area contributed by atoms with E-state index < -0.39 is 22.8 Å². The Morgan fingerprint density at radius 1 is 0.958 bits per heavy atom. The largest absolute Gasteiger partial charge is 0.481 e. The maximum Gasteiger partial charge on any atom is 0.306 e. The van der Waals surface area contributed by atoms with Crippen molar-refractivity contribution in [3.8, 4) is 22.4 Å². The molecule has 2 N–H and O–H groups in total. The molecule has 4 aromatic rings. The molecule has 1 aliphatic heterocycles. The zero-order valence-electron chi connectivity index (χ0n) is 29.0. The molecular formula is C40H47FN2O5. The zero-order chi connectivity index (χ0) is 34.9. The van der Waals surface area contributed by atoms with Gasteiger partial charge in [0.05, 0.1) is 29.4 Å². The van der Waals surface area contributed by atoms with Crippen LogP contribution in [0.1, 0.15) is 89.7 Å². The van der Waals surface area contributed by atoms with Crippen molar-refractivity contribution in [2.24, 2.45) is 5.41 Å². The smallest absolute Gasteiger partial charge is 0.306 e. The number of nitrogens with one attached hydrogen (secondary N) is 1. The second-order valence-electron chi connectivity index (χ2n) is 14.5. The quantitative estimate of drug-likeness (QED) is 0.178. The minimum absolute atomic E-state index is 0.0640. The number of carboxylic acids is 1. The summed E-state index contributed by atoms with van der Waals surface area (Å²) in [6, 6.07) is 25.6. The molecule has 7 nitrogen and oxygen atoms in total. The van der Waals surface area contributed by atoms with E-state index in [-0.39, 0.29) is 30.2 Å². The molecule has 254 valence electrons. The second kappa shape index (κ2) is 13.7. The Morgan fingerprint density at radius 2 is 1.56 bits per heavy atom. The molecule has 1 saturated heterocycles. The van der Waals surface area contributed by atoms with Gasteiger partial charge in [0.2, 0.25) is 0 Å². The Morgan fingerprint density at radius 3 is 2.12 bits per heavy atom. The average molecular weight is 655 g/mol. The fourth-order valence-corrected chi connectivity index (χ4v) is 7.07. The number of aromatic nitrogens is 1. The van der Waals surface area contributed by atoms with Gasteiger partial charge in [0.15, 0.2) is 5.79 Å². The van der Waals surface area contributed by atoms with Gasteiger partial charge in [-0.05, 0) is 79.1 Å². The van der Waals surface area contributed by atoms with Crippen molar-refractivity contribution in [3.05, 3.63) is 102 Å². The van der Waals surface area contributed by atoms with Crippen LogP contribution in [0.15, 0.2) is 84.9 Å². The fraction of sp³-hybridized carbons (Fsp3) is 0.400. The molecule has 1 amide bonds. The van der Waals surface area contributed by atoms with Crippen LogP contribution in [0, 0.1) is 11.2 Å². The van der Waals surface area contributed by atoms with E-state index in [4.69, 9.17) is 9.47 Å². The summed E-state index contributed by atoms with van der Waals surface area (Å²) in [5, 5.41) is 13.1. The van der Waals surface area contributed by atoms with Gasteiger partial charge in [0, 0.05) is 29.9 Å². The van der Waals surface area contributed by atoms with E-state index in [1.54, 1.807) is 12.1 Å². The highest BCUT2D eigenvalue weighted by Crippen LogP contribution is 2.49. The molecule has 3 aromatic carbocycles. The third-order valence-corrected chi connectivity index (χ3v) is 9.22. The third-order valence-electron chi connectivity index (χ3n) is 9.22. The monoisotopic (exact) mass is 654 g/mol. The Bertz CT molecular complexity index is 1740. The van der Waals surface area contributed by atoms with E-state index >= 15 is 0 Å². The number of para-hydroxylation sites is 1. The number of nitrogens with zero attached hydrogens (tertiary/aromatic N) is 1. The van der Waals surface area contributed by atoms with Gasteiger partial charge in [0.1, 0.15) is 5.82 Å². The predicted octanol–water partition coefficient (Wildman–Crippen LogP) is 9.53. The SMILES string of the molecule is CC(C)c1c(C(=O)Nc2ccccc2)c(-c2ccccc2)c(-c2ccc(F)cc2)n1CCC1CC(CC(=O)O)(C(C)(C)C)OC(C)(C)O1. The number of hydrogen-bond donors (Lipinski definition) is 2. The van der Waals surface area contributed by atoms with E-state index in [9.17, 15) is 19.1 Å².